The fraction of sp³-hybridized carbons (Fsp3) is 0.250. The fourth-order valence-electron chi connectivity index (χ4n) is 2.61. The second-order valence-corrected chi connectivity index (χ2v) is 7.82. The molecule has 1 N–H and O–H groups in total. The monoisotopic (exact) mass is 365 g/mol. The highest BCUT2D eigenvalue weighted by Crippen LogP contribution is 2.25. The summed E-state index contributed by atoms with van der Waals surface area (Å²) in [6.45, 7) is 0.279. The van der Waals surface area contributed by atoms with E-state index < -0.39 is 10.0 Å². The van der Waals surface area contributed by atoms with Gasteiger partial charge < -0.3 is 0 Å². The van der Waals surface area contributed by atoms with Crippen LogP contribution in [0.5, 0.6) is 0 Å². The summed E-state index contributed by atoms with van der Waals surface area (Å²) in [6, 6.07) is 13.0. The number of rotatable bonds is 4. The number of halogens is 1. The van der Waals surface area contributed by atoms with Crippen LogP contribution in [0.3, 0.4) is 0 Å². The van der Waals surface area contributed by atoms with Gasteiger partial charge in [-0.05, 0) is 54.2 Å². The normalized spacial score (nSPS) is 14.1. The fourth-order valence-corrected chi connectivity index (χ4v) is 4.09. The van der Waals surface area contributed by atoms with Crippen molar-refractivity contribution in [2.45, 2.75) is 30.7 Å². The van der Waals surface area contributed by atoms with Gasteiger partial charge in [-0.25, -0.2) is 13.1 Å². The molecule has 0 saturated heterocycles. The van der Waals surface area contributed by atoms with Crippen molar-refractivity contribution in [2.75, 3.05) is 0 Å². The van der Waals surface area contributed by atoms with Crippen LogP contribution in [0.4, 0.5) is 0 Å². The Hall–Kier alpha value is -1.17. The van der Waals surface area contributed by atoms with Crippen LogP contribution < -0.4 is 4.72 Å². The van der Waals surface area contributed by atoms with E-state index in [1.54, 1.807) is 6.07 Å². The summed E-state index contributed by atoms with van der Waals surface area (Å²) in [7, 11) is -3.47. The van der Waals surface area contributed by atoms with E-state index in [9.17, 15) is 8.42 Å². The zero-order valence-electron chi connectivity index (χ0n) is 11.5. The molecule has 3 rings (SSSR count). The smallest absolute Gasteiger partial charge is 0.207 e. The first-order valence-electron chi connectivity index (χ1n) is 6.91. The molecule has 0 spiro atoms. The van der Waals surface area contributed by atoms with Crippen molar-refractivity contribution in [3.05, 3.63) is 63.6 Å². The molecule has 1 aliphatic carbocycles. The van der Waals surface area contributed by atoms with Crippen molar-refractivity contribution < 1.29 is 8.42 Å². The minimum atomic E-state index is -3.47. The van der Waals surface area contributed by atoms with Gasteiger partial charge in [-0.1, -0.05) is 40.2 Å². The number of hydrogen-bond donors (Lipinski definition) is 1. The van der Waals surface area contributed by atoms with Crippen LogP contribution in [0.25, 0.3) is 0 Å². The molecule has 2 aromatic rings. The van der Waals surface area contributed by atoms with Crippen molar-refractivity contribution in [2.24, 2.45) is 0 Å². The van der Waals surface area contributed by atoms with E-state index >= 15 is 0 Å². The highest BCUT2D eigenvalue weighted by molar-refractivity contribution is 9.10. The first-order chi connectivity index (χ1) is 10.1. The number of sulfonamides is 1. The standard InChI is InChI=1S/C16H16BrNO2S/c17-16-7-2-1-4-14(16)11-18-21(19,20)15-9-8-12-5-3-6-13(12)10-15/h1-2,4,7-10,18H,3,5-6,11H2. The van der Waals surface area contributed by atoms with Gasteiger partial charge in [-0.3, -0.25) is 0 Å². The Kier molecular flexibility index (Phi) is 4.15. The van der Waals surface area contributed by atoms with Crippen molar-refractivity contribution in [3.63, 3.8) is 0 Å². The maximum Gasteiger partial charge on any atom is 0.240 e. The van der Waals surface area contributed by atoms with E-state index in [4.69, 9.17) is 0 Å². The Morgan fingerprint density at radius 1 is 1.05 bits per heavy atom. The molecule has 0 bridgehead atoms. The Bertz CT molecular complexity index is 772. The van der Waals surface area contributed by atoms with Crippen molar-refractivity contribution >= 4 is 26.0 Å². The second kappa shape index (κ2) is 5.91. The third kappa shape index (κ3) is 3.20. The molecule has 0 unspecified atom stereocenters. The largest absolute Gasteiger partial charge is 0.240 e. The average molecular weight is 366 g/mol. The number of nitrogens with one attached hydrogen (secondary N) is 1. The number of fused-ring (bicyclic) bond motifs is 1. The van der Waals surface area contributed by atoms with Gasteiger partial charge in [0.25, 0.3) is 0 Å². The zero-order valence-corrected chi connectivity index (χ0v) is 13.9. The summed E-state index contributed by atoms with van der Waals surface area (Å²) in [5.41, 5.74) is 3.36. The van der Waals surface area contributed by atoms with E-state index in [1.807, 2.05) is 36.4 Å². The Morgan fingerprint density at radius 3 is 2.62 bits per heavy atom. The Balaban J connectivity index is 1.80. The van der Waals surface area contributed by atoms with Gasteiger partial charge in [-0.2, -0.15) is 0 Å². The van der Waals surface area contributed by atoms with Crippen LogP contribution in [0.15, 0.2) is 51.8 Å². The summed E-state index contributed by atoms with van der Waals surface area (Å²) in [5.74, 6) is 0. The van der Waals surface area contributed by atoms with Crippen LogP contribution in [-0.2, 0) is 29.4 Å². The van der Waals surface area contributed by atoms with E-state index in [0.29, 0.717) is 4.90 Å². The molecular formula is C16H16BrNO2S. The summed E-state index contributed by atoms with van der Waals surface area (Å²) < 4.78 is 28.4. The number of benzene rings is 2. The predicted octanol–water partition coefficient (Wildman–Crippen LogP) is 3.42. The van der Waals surface area contributed by atoms with Gasteiger partial charge in [0.15, 0.2) is 0 Å². The molecule has 0 atom stereocenters. The molecule has 2 aromatic carbocycles. The first-order valence-corrected chi connectivity index (χ1v) is 9.19. The molecule has 0 radical (unpaired) electrons. The average Bonchev–Trinajstić information content (AvgIpc) is 2.94. The second-order valence-electron chi connectivity index (χ2n) is 5.20. The molecule has 110 valence electrons. The topological polar surface area (TPSA) is 46.2 Å². The minimum Gasteiger partial charge on any atom is -0.207 e. The van der Waals surface area contributed by atoms with Crippen LogP contribution in [-0.4, -0.2) is 8.42 Å². The van der Waals surface area contributed by atoms with Gasteiger partial charge in [0, 0.05) is 11.0 Å². The number of aryl methyl sites for hydroxylation is 2. The first kappa shape index (κ1) is 14.8. The molecule has 21 heavy (non-hydrogen) atoms. The third-order valence-electron chi connectivity index (χ3n) is 3.79. The van der Waals surface area contributed by atoms with Gasteiger partial charge in [0.05, 0.1) is 4.90 Å². The van der Waals surface area contributed by atoms with E-state index in [1.165, 1.54) is 11.1 Å². The molecule has 0 aromatic heterocycles. The molecule has 0 heterocycles. The lowest BCUT2D eigenvalue weighted by molar-refractivity contribution is 0.581. The number of hydrogen-bond acceptors (Lipinski definition) is 2. The molecule has 3 nitrogen and oxygen atoms in total. The van der Waals surface area contributed by atoms with Crippen LogP contribution >= 0.6 is 15.9 Å². The molecule has 0 amide bonds. The SMILES string of the molecule is O=S(=O)(NCc1ccccc1Br)c1ccc2c(c1)CCC2. The minimum absolute atomic E-state index is 0.279. The third-order valence-corrected chi connectivity index (χ3v) is 5.96. The van der Waals surface area contributed by atoms with Gasteiger partial charge in [0.1, 0.15) is 0 Å². The molecule has 1 aliphatic rings. The molecule has 0 saturated carbocycles. The van der Waals surface area contributed by atoms with E-state index in [0.717, 1.165) is 29.3 Å². The van der Waals surface area contributed by atoms with Crippen molar-refractivity contribution in [3.8, 4) is 0 Å². The Morgan fingerprint density at radius 2 is 1.81 bits per heavy atom. The zero-order chi connectivity index (χ0) is 14.9. The summed E-state index contributed by atoms with van der Waals surface area (Å²) >= 11 is 3.43. The lowest BCUT2D eigenvalue weighted by atomic mass is 10.1. The highest BCUT2D eigenvalue weighted by Gasteiger charge is 2.18. The van der Waals surface area contributed by atoms with Crippen LogP contribution in [0.2, 0.25) is 0 Å². The maximum absolute atomic E-state index is 12.4. The van der Waals surface area contributed by atoms with Crippen LogP contribution in [0.1, 0.15) is 23.1 Å². The Labute approximate surface area is 133 Å². The summed E-state index contributed by atoms with van der Waals surface area (Å²) in [5, 5.41) is 0. The predicted molar refractivity (Wildman–Crippen MR) is 86.6 cm³/mol. The maximum atomic E-state index is 12.4. The molecule has 0 aliphatic heterocycles. The quantitative estimate of drug-likeness (QED) is 0.901. The van der Waals surface area contributed by atoms with Gasteiger partial charge >= 0.3 is 0 Å². The van der Waals surface area contributed by atoms with Gasteiger partial charge in [-0.15, -0.1) is 0 Å². The van der Waals surface area contributed by atoms with E-state index in [2.05, 4.69) is 20.7 Å². The molecular weight excluding hydrogens is 350 g/mol. The highest BCUT2D eigenvalue weighted by atomic mass is 79.9. The van der Waals surface area contributed by atoms with Crippen LogP contribution in [0, 0.1) is 0 Å². The molecule has 5 heteroatoms. The summed E-state index contributed by atoms with van der Waals surface area (Å²) in [6.07, 6.45) is 3.15. The lowest BCUT2D eigenvalue weighted by Crippen LogP contribution is -2.23. The van der Waals surface area contributed by atoms with Gasteiger partial charge in [0.2, 0.25) is 10.0 Å². The lowest BCUT2D eigenvalue weighted by Gasteiger charge is -2.09. The van der Waals surface area contributed by atoms with E-state index in [-0.39, 0.29) is 6.54 Å². The van der Waals surface area contributed by atoms with Crippen molar-refractivity contribution in [1.29, 1.82) is 0 Å². The van der Waals surface area contributed by atoms with Crippen molar-refractivity contribution in [1.82, 2.24) is 4.72 Å². The summed E-state index contributed by atoms with van der Waals surface area (Å²) in [4.78, 5) is 0.357. The molecule has 0 fully saturated rings.